The average Bonchev–Trinajstić information content (AvgIpc) is 3.01. The molecular formula is C25H28ClNO3. The van der Waals surface area contributed by atoms with Crippen molar-refractivity contribution in [3.05, 3.63) is 70.2 Å². The van der Waals surface area contributed by atoms with Crippen molar-refractivity contribution in [2.24, 2.45) is 17.8 Å². The highest BCUT2D eigenvalue weighted by molar-refractivity contribution is 6.30. The van der Waals surface area contributed by atoms with E-state index in [1.54, 1.807) is 18.2 Å². The Morgan fingerprint density at radius 2 is 1.80 bits per heavy atom. The molecule has 2 amide bonds. The normalized spacial score (nSPS) is 26.0. The molecule has 1 aliphatic carbocycles. The molecule has 0 saturated heterocycles. The minimum Gasteiger partial charge on any atom is -0.445 e. The van der Waals surface area contributed by atoms with Crippen LogP contribution in [0, 0.1) is 17.8 Å². The predicted octanol–water partition coefficient (Wildman–Crippen LogP) is 6.48. The number of hydrogen-bond donors (Lipinski definition) is 0. The Morgan fingerprint density at radius 3 is 2.50 bits per heavy atom. The molecule has 1 fully saturated rings. The number of benzene rings is 2. The van der Waals surface area contributed by atoms with Gasteiger partial charge in [-0.25, -0.2) is 9.69 Å². The number of ether oxygens (including phenoxy) is 1. The number of carbonyl (C=O) groups is 2. The molecule has 0 aromatic heterocycles. The van der Waals surface area contributed by atoms with Gasteiger partial charge in [0, 0.05) is 10.6 Å². The van der Waals surface area contributed by atoms with E-state index >= 15 is 0 Å². The van der Waals surface area contributed by atoms with E-state index in [1.165, 1.54) is 4.90 Å². The second-order valence-corrected chi connectivity index (χ2v) is 9.40. The second-order valence-electron chi connectivity index (χ2n) is 8.96. The van der Waals surface area contributed by atoms with Crippen LogP contribution in [-0.2, 0) is 4.74 Å². The van der Waals surface area contributed by atoms with Crippen LogP contribution < -0.4 is 0 Å². The number of fused-ring (bicyclic) bond motifs is 1. The third kappa shape index (κ3) is 3.85. The minimum atomic E-state index is -0.555. The molecule has 4 atom stereocenters. The summed E-state index contributed by atoms with van der Waals surface area (Å²) in [6.07, 6.45) is 2.32. The largest absolute Gasteiger partial charge is 0.445 e. The molecule has 0 radical (unpaired) electrons. The Morgan fingerprint density at radius 1 is 1.10 bits per heavy atom. The zero-order valence-electron chi connectivity index (χ0n) is 17.7. The van der Waals surface area contributed by atoms with Crippen molar-refractivity contribution in [3.8, 4) is 0 Å². The number of carbonyl (C=O) groups excluding carboxylic acids is 2. The molecule has 158 valence electrons. The molecule has 0 spiro atoms. The summed E-state index contributed by atoms with van der Waals surface area (Å²) in [5.41, 5.74) is 2.21. The van der Waals surface area contributed by atoms with Gasteiger partial charge in [0.2, 0.25) is 0 Å². The average molecular weight is 426 g/mol. The Labute approximate surface area is 183 Å². The molecule has 2 aromatic carbocycles. The van der Waals surface area contributed by atoms with Gasteiger partial charge in [-0.15, -0.1) is 0 Å². The molecule has 4 rings (SSSR count). The highest BCUT2D eigenvalue weighted by Crippen LogP contribution is 2.41. The molecule has 1 aliphatic heterocycles. The summed E-state index contributed by atoms with van der Waals surface area (Å²) in [6, 6.07) is 14.2. The van der Waals surface area contributed by atoms with Gasteiger partial charge in [0.15, 0.2) is 0 Å². The fraction of sp³-hybridized carbons (Fsp3) is 0.440. The van der Waals surface area contributed by atoms with Gasteiger partial charge in [0.1, 0.15) is 6.10 Å². The lowest BCUT2D eigenvalue weighted by molar-refractivity contribution is -0.01000. The van der Waals surface area contributed by atoms with Crippen LogP contribution in [0.2, 0.25) is 5.02 Å². The topological polar surface area (TPSA) is 46.6 Å². The highest BCUT2D eigenvalue weighted by Gasteiger charge is 2.44. The van der Waals surface area contributed by atoms with Gasteiger partial charge >= 0.3 is 6.09 Å². The first-order valence-corrected chi connectivity index (χ1v) is 11.1. The van der Waals surface area contributed by atoms with Gasteiger partial charge in [-0.1, -0.05) is 69.1 Å². The van der Waals surface area contributed by atoms with E-state index in [4.69, 9.17) is 16.3 Å². The summed E-state index contributed by atoms with van der Waals surface area (Å²) < 4.78 is 6.04. The molecule has 2 aliphatic rings. The molecule has 1 saturated carbocycles. The van der Waals surface area contributed by atoms with Gasteiger partial charge in [-0.3, -0.25) is 4.79 Å². The van der Waals surface area contributed by atoms with Crippen LogP contribution in [0.5, 0.6) is 0 Å². The summed E-state index contributed by atoms with van der Waals surface area (Å²) in [4.78, 5) is 27.9. The van der Waals surface area contributed by atoms with E-state index in [1.807, 2.05) is 30.3 Å². The van der Waals surface area contributed by atoms with E-state index in [9.17, 15) is 9.59 Å². The Balaban J connectivity index is 1.66. The third-order valence-electron chi connectivity index (χ3n) is 6.56. The highest BCUT2D eigenvalue weighted by atomic mass is 35.5. The fourth-order valence-electron chi connectivity index (χ4n) is 4.91. The van der Waals surface area contributed by atoms with Crippen LogP contribution in [0.15, 0.2) is 48.5 Å². The molecule has 0 unspecified atom stereocenters. The number of imide groups is 1. The minimum absolute atomic E-state index is 0.163. The maximum atomic E-state index is 13.4. The molecule has 0 N–H and O–H groups in total. The van der Waals surface area contributed by atoms with Crippen molar-refractivity contribution in [1.29, 1.82) is 0 Å². The Hall–Kier alpha value is -2.33. The van der Waals surface area contributed by atoms with E-state index in [0.29, 0.717) is 28.3 Å². The first-order chi connectivity index (χ1) is 14.4. The lowest BCUT2D eigenvalue weighted by Crippen LogP contribution is -2.42. The first-order valence-electron chi connectivity index (χ1n) is 10.8. The van der Waals surface area contributed by atoms with Gasteiger partial charge in [0.25, 0.3) is 5.91 Å². The molecule has 30 heavy (non-hydrogen) atoms. The monoisotopic (exact) mass is 425 g/mol. The summed E-state index contributed by atoms with van der Waals surface area (Å²) >= 11 is 6.06. The van der Waals surface area contributed by atoms with Crippen molar-refractivity contribution < 1.29 is 14.3 Å². The smallest absolute Gasteiger partial charge is 0.417 e. The zero-order chi connectivity index (χ0) is 21.4. The summed E-state index contributed by atoms with van der Waals surface area (Å²) in [5, 5.41) is 0.612. The number of nitrogens with zero attached hydrogens (tertiary/aromatic N) is 1. The zero-order valence-corrected chi connectivity index (χ0v) is 18.4. The Bertz CT molecular complexity index is 940. The second kappa shape index (κ2) is 8.43. The van der Waals surface area contributed by atoms with Gasteiger partial charge in [-0.05, 0) is 59.9 Å². The number of rotatable bonds is 3. The van der Waals surface area contributed by atoms with Crippen LogP contribution in [-0.4, -0.2) is 23.0 Å². The van der Waals surface area contributed by atoms with E-state index in [-0.39, 0.29) is 12.0 Å². The number of halogens is 1. The summed E-state index contributed by atoms with van der Waals surface area (Å²) in [7, 11) is 0. The number of amides is 2. The molecule has 4 nitrogen and oxygen atoms in total. The van der Waals surface area contributed by atoms with Gasteiger partial charge < -0.3 is 4.74 Å². The van der Waals surface area contributed by atoms with Crippen molar-refractivity contribution in [2.75, 3.05) is 0 Å². The quantitative estimate of drug-likeness (QED) is 0.565. The first kappa shape index (κ1) is 20.9. The van der Waals surface area contributed by atoms with Gasteiger partial charge in [0.05, 0.1) is 6.04 Å². The molecule has 0 bridgehead atoms. The van der Waals surface area contributed by atoms with E-state index in [0.717, 1.165) is 30.4 Å². The van der Waals surface area contributed by atoms with E-state index < -0.39 is 12.1 Å². The van der Waals surface area contributed by atoms with Crippen molar-refractivity contribution in [3.63, 3.8) is 0 Å². The summed E-state index contributed by atoms with van der Waals surface area (Å²) in [5.74, 6) is 0.949. The lowest BCUT2D eigenvalue weighted by atomic mass is 9.75. The van der Waals surface area contributed by atoms with E-state index in [2.05, 4.69) is 20.8 Å². The standard InChI is InChI=1S/C25H28ClNO3/c1-15(2)19-13-8-16(3)14-22(19)30-25(29)27-23(17-9-11-18(26)12-10-17)20-6-4-5-7-21(20)24(27)28/h4-7,9-12,15-16,19,22-23H,8,13-14H2,1-3H3/t16-,19-,22+,23+/m0/s1. The molecular weight excluding hydrogens is 398 g/mol. The number of hydrogen-bond acceptors (Lipinski definition) is 3. The third-order valence-corrected chi connectivity index (χ3v) is 6.81. The van der Waals surface area contributed by atoms with Crippen LogP contribution >= 0.6 is 11.6 Å². The molecule has 1 heterocycles. The molecule has 2 aromatic rings. The fourth-order valence-corrected chi connectivity index (χ4v) is 5.04. The maximum absolute atomic E-state index is 13.4. The van der Waals surface area contributed by atoms with Gasteiger partial charge in [-0.2, -0.15) is 0 Å². The summed E-state index contributed by atoms with van der Waals surface area (Å²) in [6.45, 7) is 6.55. The maximum Gasteiger partial charge on any atom is 0.417 e. The predicted molar refractivity (Wildman–Crippen MR) is 118 cm³/mol. The lowest BCUT2D eigenvalue weighted by Gasteiger charge is -2.37. The van der Waals surface area contributed by atoms with Crippen LogP contribution in [0.1, 0.15) is 67.6 Å². The molecule has 5 heteroatoms. The van der Waals surface area contributed by atoms with Crippen LogP contribution in [0.25, 0.3) is 0 Å². The van der Waals surface area contributed by atoms with Crippen molar-refractivity contribution >= 4 is 23.6 Å². The van der Waals surface area contributed by atoms with Crippen LogP contribution in [0.3, 0.4) is 0 Å². The van der Waals surface area contributed by atoms with Crippen molar-refractivity contribution in [1.82, 2.24) is 4.90 Å². The van der Waals surface area contributed by atoms with Crippen LogP contribution in [0.4, 0.5) is 4.79 Å². The Kier molecular flexibility index (Phi) is 5.88. The van der Waals surface area contributed by atoms with Crippen molar-refractivity contribution in [2.45, 2.75) is 52.2 Å². The SMILES string of the molecule is CC(C)[C@@H]1CC[C@H](C)C[C@H]1OC(=O)N1C(=O)c2ccccc2[C@H]1c1ccc(Cl)cc1.